The maximum atomic E-state index is 12.6. The molecule has 0 unspecified atom stereocenters. The lowest BCUT2D eigenvalue weighted by Gasteiger charge is -2.11. The number of nitrogens with zero attached hydrogens (tertiary/aromatic N) is 1. The summed E-state index contributed by atoms with van der Waals surface area (Å²) in [5.74, 6) is 1.09. The zero-order valence-corrected chi connectivity index (χ0v) is 19.3. The summed E-state index contributed by atoms with van der Waals surface area (Å²) >= 11 is 1.27. The summed E-state index contributed by atoms with van der Waals surface area (Å²) in [5.41, 5.74) is 4.29. The third kappa shape index (κ3) is 4.70. The molecule has 8 heteroatoms. The minimum absolute atomic E-state index is 0.0846. The number of fused-ring (bicyclic) bond motifs is 3. The van der Waals surface area contributed by atoms with Gasteiger partial charge in [0.15, 0.2) is 5.13 Å². The van der Waals surface area contributed by atoms with Gasteiger partial charge in [0, 0.05) is 40.5 Å². The van der Waals surface area contributed by atoms with Gasteiger partial charge in [-0.05, 0) is 44.7 Å². The second kappa shape index (κ2) is 9.56. The number of hydrogen-bond acceptors (Lipinski definition) is 7. The van der Waals surface area contributed by atoms with E-state index in [2.05, 4.69) is 16.4 Å². The van der Waals surface area contributed by atoms with E-state index in [9.17, 15) is 9.59 Å². The van der Waals surface area contributed by atoms with E-state index in [0.29, 0.717) is 23.2 Å². The predicted octanol–water partition coefficient (Wildman–Crippen LogP) is 4.92. The third-order valence-electron chi connectivity index (χ3n) is 5.46. The molecule has 168 valence electrons. The maximum Gasteiger partial charge on any atom is 0.311 e. The van der Waals surface area contributed by atoms with Gasteiger partial charge >= 0.3 is 5.97 Å². The topological polar surface area (TPSA) is 90.7 Å². The normalized spacial score (nSPS) is 13.7. The van der Waals surface area contributed by atoms with Gasteiger partial charge in [0.1, 0.15) is 17.1 Å². The van der Waals surface area contributed by atoms with Gasteiger partial charge in [-0.15, -0.1) is 11.3 Å². The van der Waals surface area contributed by atoms with Crippen LogP contribution in [-0.4, -0.2) is 30.6 Å². The number of hydrogen-bond donors (Lipinski definition) is 1. The molecule has 4 rings (SSSR count). The second-order valence-electron chi connectivity index (χ2n) is 7.70. The highest BCUT2D eigenvalue weighted by atomic mass is 32.1. The van der Waals surface area contributed by atoms with Crippen molar-refractivity contribution in [2.45, 2.75) is 46.0 Å². The summed E-state index contributed by atoms with van der Waals surface area (Å²) in [5, 5.41) is 6.03. The number of methoxy groups -OCH3 is 1. The quantitative estimate of drug-likeness (QED) is 0.402. The Morgan fingerprint density at radius 1 is 1.28 bits per heavy atom. The molecule has 1 N–H and O–H groups in total. The van der Waals surface area contributed by atoms with Crippen LogP contribution in [0, 0.1) is 0 Å². The minimum atomic E-state index is -0.338. The molecule has 2 heterocycles. The van der Waals surface area contributed by atoms with E-state index in [-0.39, 0.29) is 18.3 Å². The van der Waals surface area contributed by atoms with E-state index < -0.39 is 0 Å². The Morgan fingerprint density at radius 3 is 2.88 bits per heavy atom. The smallest absolute Gasteiger partial charge is 0.311 e. The van der Waals surface area contributed by atoms with Crippen molar-refractivity contribution in [1.82, 2.24) is 4.98 Å². The number of amides is 1. The van der Waals surface area contributed by atoms with Gasteiger partial charge in [-0.3, -0.25) is 14.9 Å². The van der Waals surface area contributed by atoms with Crippen LogP contribution in [0.25, 0.3) is 16.5 Å². The van der Waals surface area contributed by atoms with Gasteiger partial charge in [0.25, 0.3) is 0 Å². The number of esters is 1. The van der Waals surface area contributed by atoms with E-state index in [4.69, 9.17) is 13.9 Å². The van der Waals surface area contributed by atoms with Crippen molar-refractivity contribution in [3.8, 4) is 5.75 Å². The molecule has 0 aliphatic heterocycles. The number of nitrogens with one attached hydrogen (secondary N) is 1. The Labute approximate surface area is 190 Å². The van der Waals surface area contributed by atoms with Gasteiger partial charge in [0.05, 0.1) is 25.8 Å². The number of benzene rings is 1. The standard InChI is InChI=1S/C24H26N2O5S/c1-4-30-23(28)10-15-13-32-24(25-15)26-22(27)9-14(2)17-11-18-16-7-5-6-8-19(16)31-21(18)12-20(17)29-3/h9,11-13H,4-8,10H2,1-3H3,(H,25,26,27)/b14-9+. The van der Waals surface area contributed by atoms with Crippen molar-refractivity contribution in [1.29, 1.82) is 0 Å². The van der Waals surface area contributed by atoms with Crippen molar-refractivity contribution in [3.63, 3.8) is 0 Å². The molecule has 0 bridgehead atoms. The number of carbonyl (C=O) groups is 2. The van der Waals surface area contributed by atoms with Crippen molar-refractivity contribution >= 4 is 44.9 Å². The van der Waals surface area contributed by atoms with Crippen LogP contribution in [0.5, 0.6) is 5.75 Å². The molecular weight excluding hydrogens is 428 g/mol. The number of aromatic nitrogens is 1. The third-order valence-corrected chi connectivity index (χ3v) is 6.27. The Morgan fingerprint density at radius 2 is 2.09 bits per heavy atom. The number of furan rings is 1. The zero-order chi connectivity index (χ0) is 22.7. The highest BCUT2D eigenvalue weighted by Crippen LogP contribution is 2.37. The molecule has 0 saturated carbocycles. The van der Waals surface area contributed by atoms with Crippen LogP contribution in [0.3, 0.4) is 0 Å². The first-order valence-electron chi connectivity index (χ1n) is 10.7. The van der Waals surface area contributed by atoms with Crippen LogP contribution in [0.1, 0.15) is 49.3 Å². The molecule has 32 heavy (non-hydrogen) atoms. The molecule has 0 spiro atoms. The summed E-state index contributed by atoms with van der Waals surface area (Å²) in [7, 11) is 1.61. The first-order valence-corrected chi connectivity index (χ1v) is 11.6. The van der Waals surface area contributed by atoms with Gasteiger partial charge in [-0.2, -0.15) is 0 Å². The molecule has 0 atom stereocenters. The summed E-state index contributed by atoms with van der Waals surface area (Å²) in [6.45, 7) is 3.96. The highest BCUT2D eigenvalue weighted by Gasteiger charge is 2.20. The predicted molar refractivity (Wildman–Crippen MR) is 124 cm³/mol. The fourth-order valence-electron chi connectivity index (χ4n) is 3.99. The number of carbonyl (C=O) groups excluding carboxylic acids is 2. The fraction of sp³-hybridized carbons (Fsp3) is 0.375. The Balaban J connectivity index is 1.53. The Hall–Kier alpha value is -3.13. The fourth-order valence-corrected chi connectivity index (χ4v) is 4.70. The van der Waals surface area contributed by atoms with Crippen molar-refractivity contribution in [2.75, 3.05) is 19.0 Å². The summed E-state index contributed by atoms with van der Waals surface area (Å²) in [6.07, 6.45) is 5.89. The lowest BCUT2D eigenvalue weighted by Crippen LogP contribution is -2.10. The van der Waals surface area contributed by atoms with Crippen LogP contribution in [0.15, 0.2) is 28.0 Å². The molecule has 0 radical (unpaired) electrons. The first-order chi connectivity index (χ1) is 15.5. The lowest BCUT2D eigenvalue weighted by atomic mass is 9.94. The number of allylic oxidation sites excluding steroid dienone is 1. The minimum Gasteiger partial charge on any atom is -0.496 e. The van der Waals surface area contributed by atoms with Gasteiger partial charge < -0.3 is 13.9 Å². The molecule has 2 aromatic heterocycles. The molecule has 1 amide bonds. The number of ether oxygens (including phenoxy) is 2. The molecule has 1 aliphatic carbocycles. The lowest BCUT2D eigenvalue weighted by molar-refractivity contribution is -0.142. The first kappa shape index (κ1) is 22.1. The monoisotopic (exact) mass is 454 g/mol. The summed E-state index contributed by atoms with van der Waals surface area (Å²) < 4.78 is 16.6. The van der Waals surface area contributed by atoms with Crippen LogP contribution in [0.4, 0.5) is 5.13 Å². The Bertz CT molecular complexity index is 1190. The second-order valence-corrected chi connectivity index (χ2v) is 8.56. The van der Waals surface area contributed by atoms with Crippen molar-refractivity contribution < 1.29 is 23.5 Å². The van der Waals surface area contributed by atoms with Gasteiger partial charge in [0.2, 0.25) is 5.91 Å². The molecular formula is C24H26N2O5S. The van der Waals surface area contributed by atoms with E-state index in [1.807, 2.05) is 13.0 Å². The molecule has 7 nitrogen and oxygen atoms in total. The zero-order valence-electron chi connectivity index (χ0n) is 18.4. The van der Waals surface area contributed by atoms with E-state index in [1.54, 1.807) is 19.4 Å². The number of rotatable bonds is 7. The van der Waals surface area contributed by atoms with Crippen LogP contribution in [0.2, 0.25) is 0 Å². The molecule has 3 aromatic rings. The highest BCUT2D eigenvalue weighted by molar-refractivity contribution is 7.14. The van der Waals surface area contributed by atoms with Crippen molar-refractivity contribution in [3.05, 3.63) is 46.2 Å². The van der Waals surface area contributed by atoms with E-state index in [1.165, 1.54) is 23.0 Å². The van der Waals surface area contributed by atoms with Gasteiger partial charge in [-0.25, -0.2) is 4.98 Å². The van der Waals surface area contributed by atoms with Crippen LogP contribution in [-0.2, 0) is 33.6 Å². The number of anilines is 1. The molecule has 0 fully saturated rings. The van der Waals surface area contributed by atoms with E-state index >= 15 is 0 Å². The number of aryl methyl sites for hydroxylation is 2. The average molecular weight is 455 g/mol. The van der Waals surface area contributed by atoms with Crippen LogP contribution >= 0.6 is 11.3 Å². The Kier molecular flexibility index (Phi) is 6.60. The molecule has 1 aromatic carbocycles. The SMILES string of the molecule is CCOC(=O)Cc1csc(NC(=O)/C=C(\C)c2cc3c4c(oc3cc2OC)CCCC4)n1. The molecule has 0 saturated heterocycles. The van der Waals surface area contributed by atoms with Crippen LogP contribution < -0.4 is 10.1 Å². The maximum absolute atomic E-state index is 12.6. The van der Waals surface area contributed by atoms with Gasteiger partial charge in [-0.1, -0.05) is 0 Å². The number of thiazole rings is 1. The van der Waals surface area contributed by atoms with E-state index in [0.717, 1.165) is 53.5 Å². The average Bonchev–Trinajstić information content (AvgIpc) is 3.36. The summed E-state index contributed by atoms with van der Waals surface area (Å²) in [4.78, 5) is 28.5. The summed E-state index contributed by atoms with van der Waals surface area (Å²) in [6, 6.07) is 3.96. The largest absolute Gasteiger partial charge is 0.496 e. The molecule has 1 aliphatic rings. The van der Waals surface area contributed by atoms with Crippen molar-refractivity contribution in [2.24, 2.45) is 0 Å².